The minimum atomic E-state index is -0.798. The van der Waals surface area contributed by atoms with E-state index in [1.54, 1.807) is 7.11 Å². The summed E-state index contributed by atoms with van der Waals surface area (Å²) in [7, 11) is 1.65. The zero-order valence-electron chi connectivity index (χ0n) is 18.4. The highest BCUT2D eigenvalue weighted by Gasteiger charge is 2.52. The number of piperidine rings is 1. The monoisotopic (exact) mass is 428 g/mol. The fraction of sp³-hybridized carbons (Fsp3) is 0.609. The number of carbonyl (C=O) groups is 3. The van der Waals surface area contributed by atoms with Crippen molar-refractivity contribution in [2.75, 3.05) is 31.6 Å². The van der Waals surface area contributed by atoms with Crippen molar-refractivity contribution in [2.45, 2.75) is 57.0 Å². The topological polar surface area (TPSA) is 91.0 Å². The highest BCUT2D eigenvalue weighted by Crippen LogP contribution is 2.36. The lowest BCUT2D eigenvalue weighted by atomic mass is 9.77. The van der Waals surface area contributed by atoms with E-state index in [1.165, 1.54) is 0 Å². The van der Waals surface area contributed by atoms with Crippen molar-refractivity contribution in [2.24, 2.45) is 5.92 Å². The van der Waals surface area contributed by atoms with Gasteiger partial charge in [-0.15, -0.1) is 0 Å². The molecule has 8 nitrogen and oxygen atoms in total. The third-order valence-corrected chi connectivity index (χ3v) is 6.97. The van der Waals surface area contributed by atoms with Gasteiger partial charge in [-0.2, -0.15) is 0 Å². The van der Waals surface area contributed by atoms with E-state index in [1.807, 2.05) is 24.3 Å². The standard InChI is InChI=1S/C23H32N4O4/c1-16-7-11-23(12-8-16)21(29)27(22(30)25-23)15-20(28)24-17-9-13-26(14-10-17)18-3-5-19(31-2)6-4-18/h3-6,16-17H,7-15H2,1-2H3,(H,24,28)(H,25,30). The summed E-state index contributed by atoms with van der Waals surface area (Å²) in [5.74, 6) is 0.883. The van der Waals surface area contributed by atoms with E-state index in [0.717, 1.165) is 55.1 Å². The molecule has 2 aliphatic heterocycles. The van der Waals surface area contributed by atoms with E-state index >= 15 is 0 Å². The average molecular weight is 429 g/mol. The molecule has 1 aromatic carbocycles. The fourth-order valence-electron chi connectivity index (χ4n) is 4.91. The molecule has 2 heterocycles. The van der Waals surface area contributed by atoms with Crippen LogP contribution in [-0.2, 0) is 9.59 Å². The zero-order chi connectivity index (χ0) is 22.0. The smallest absolute Gasteiger partial charge is 0.325 e. The summed E-state index contributed by atoms with van der Waals surface area (Å²) < 4.78 is 5.21. The Balaban J connectivity index is 1.27. The minimum Gasteiger partial charge on any atom is -0.497 e. The van der Waals surface area contributed by atoms with Gasteiger partial charge in [-0.1, -0.05) is 6.92 Å². The van der Waals surface area contributed by atoms with Crippen LogP contribution in [0.15, 0.2) is 24.3 Å². The first kappa shape index (κ1) is 21.5. The van der Waals surface area contributed by atoms with Crippen LogP contribution in [0.3, 0.4) is 0 Å². The van der Waals surface area contributed by atoms with Crippen molar-refractivity contribution in [3.63, 3.8) is 0 Å². The molecule has 0 radical (unpaired) electrons. The second-order valence-electron chi connectivity index (χ2n) is 9.11. The molecule has 2 N–H and O–H groups in total. The molecule has 8 heteroatoms. The van der Waals surface area contributed by atoms with E-state index in [-0.39, 0.29) is 24.4 Å². The lowest BCUT2D eigenvalue weighted by Crippen LogP contribution is -2.50. The number of urea groups is 1. The van der Waals surface area contributed by atoms with Crippen LogP contribution in [0.5, 0.6) is 5.75 Å². The molecule has 2 saturated heterocycles. The van der Waals surface area contributed by atoms with Crippen LogP contribution in [0.4, 0.5) is 10.5 Å². The highest BCUT2D eigenvalue weighted by atomic mass is 16.5. The third-order valence-electron chi connectivity index (χ3n) is 6.97. The van der Waals surface area contributed by atoms with Crippen molar-refractivity contribution in [1.82, 2.24) is 15.5 Å². The Labute approximate surface area is 183 Å². The van der Waals surface area contributed by atoms with Crippen LogP contribution in [-0.4, -0.2) is 61.1 Å². The number of nitrogens with one attached hydrogen (secondary N) is 2. The maximum atomic E-state index is 12.9. The predicted octanol–water partition coefficient (Wildman–Crippen LogP) is 2.28. The average Bonchev–Trinajstić information content (AvgIpc) is 3.00. The Morgan fingerprint density at radius 1 is 1.13 bits per heavy atom. The van der Waals surface area contributed by atoms with Gasteiger partial charge in [0.15, 0.2) is 0 Å². The summed E-state index contributed by atoms with van der Waals surface area (Å²) in [5.41, 5.74) is 0.338. The molecule has 1 spiro atoms. The van der Waals surface area contributed by atoms with Gasteiger partial charge in [0.1, 0.15) is 17.8 Å². The molecule has 4 amide bonds. The van der Waals surface area contributed by atoms with Gasteiger partial charge in [-0.25, -0.2) is 4.79 Å². The quantitative estimate of drug-likeness (QED) is 0.702. The van der Waals surface area contributed by atoms with Gasteiger partial charge < -0.3 is 20.3 Å². The number of nitrogens with zero attached hydrogens (tertiary/aromatic N) is 2. The largest absolute Gasteiger partial charge is 0.497 e. The molecular weight excluding hydrogens is 396 g/mol. The van der Waals surface area contributed by atoms with E-state index in [0.29, 0.717) is 18.8 Å². The maximum absolute atomic E-state index is 12.9. The molecule has 168 valence electrons. The highest BCUT2D eigenvalue weighted by molar-refractivity contribution is 6.09. The van der Waals surface area contributed by atoms with E-state index in [2.05, 4.69) is 22.5 Å². The number of hydrogen-bond acceptors (Lipinski definition) is 5. The fourth-order valence-corrected chi connectivity index (χ4v) is 4.91. The van der Waals surface area contributed by atoms with Gasteiger partial charge in [0.25, 0.3) is 5.91 Å². The normalized spacial score (nSPS) is 26.8. The molecule has 0 aromatic heterocycles. The zero-order valence-corrected chi connectivity index (χ0v) is 18.4. The molecule has 0 bridgehead atoms. The van der Waals surface area contributed by atoms with E-state index in [9.17, 15) is 14.4 Å². The van der Waals surface area contributed by atoms with Gasteiger partial charge >= 0.3 is 6.03 Å². The number of carbonyl (C=O) groups excluding carboxylic acids is 3. The predicted molar refractivity (Wildman–Crippen MR) is 117 cm³/mol. The molecule has 1 saturated carbocycles. The number of benzene rings is 1. The van der Waals surface area contributed by atoms with Gasteiger partial charge in [0.2, 0.25) is 5.91 Å². The first-order chi connectivity index (χ1) is 14.9. The summed E-state index contributed by atoms with van der Waals surface area (Å²) in [6, 6.07) is 7.58. The molecule has 0 unspecified atom stereocenters. The van der Waals surface area contributed by atoms with Crippen molar-refractivity contribution in [1.29, 1.82) is 0 Å². The number of imide groups is 1. The van der Waals surface area contributed by atoms with Crippen LogP contribution in [0.1, 0.15) is 45.4 Å². The lowest BCUT2D eigenvalue weighted by Gasteiger charge is -2.34. The maximum Gasteiger partial charge on any atom is 0.325 e. The Bertz CT molecular complexity index is 824. The Morgan fingerprint density at radius 2 is 1.77 bits per heavy atom. The molecule has 4 rings (SSSR count). The number of hydrogen-bond donors (Lipinski definition) is 2. The van der Waals surface area contributed by atoms with Crippen LogP contribution in [0.25, 0.3) is 0 Å². The van der Waals surface area contributed by atoms with Crippen LogP contribution in [0.2, 0.25) is 0 Å². The van der Waals surface area contributed by atoms with Crippen LogP contribution in [0, 0.1) is 5.92 Å². The van der Waals surface area contributed by atoms with Crippen molar-refractivity contribution >= 4 is 23.5 Å². The SMILES string of the molecule is COc1ccc(N2CCC(NC(=O)CN3C(=O)NC4(CCC(C)CC4)C3=O)CC2)cc1. The first-order valence-electron chi connectivity index (χ1n) is 11.2. The molecule has 1 aromatic rings. The van der Waals surface area contributed by atoms with Crippen LogP contribution < -0.4 is 20.3 Å². The Morgan fingerprint density at radius 3 is 2.39 bits per heavy atom. The van der Waals surface area contributed by atoms with Gasteiger partial charge in [0.05, 0.1) is 7.11 Å². The van der Waals surface area contributed by atoms with Crippen LogP contribution >= 0.6 is 0 Å². The molecule has 3 aliphatic rings. The Kier molecular flexibility index (Phi) is 6.07. The minimum absolute atomic E-state index is 0.0484. The van der Waals surface area contributed by atoms with E-state index < -0.39 is 11.6 Å². The summed E-state index contributed by atoms with van der Waals surface area (Å²) in [6.07, 6.45) is 4.78. The Hall–Kier alpha value is -2.77. The molecule has 3 fully saturated rings. The van der Waals surface area contributed by atoms with Gasteiger partial charge in [0, 0.05) is 24.8 Å². The summed E-state index contributed by atoms with van der Waals surface area (Å²) >= 11 is 0. The van der Waals surface area contributed by atoms with Gasteiger partial charge in [-0.05, 0) is 68.7 Å². The summed E-state index contributed by atoms with van der Waals surface area (Å²) in [6.45, 7) is 3.63. The number of ether oxygens (including phenoxy) is 1. The first-order valence-corrected chi connectivity index (χ1v) is 11.2. The third kappa shape index (κ3) is 4.48. The van der Waals surface area contributed by atoms with E-state index in [4.69, 9.17) is 4.74 Å². The summed E-state index contributed by atoms with van der Waals surface area (Å²) in [4.78, 5) is 41.3. The van der Waals surface area contributed by atoms with Crippen molar-refractivity contribution < 1.29 is 19.1 Å². The second kappa shape index (κ2) is 8.77. The van der Waals surface area contributed by atoms with Crippen molar-refractivity contribution in [3.05, 3.63) is 24.3 Å². The number of rotatable bonds is 5. The summed E-state index contributed by atoms with van der Waals surface area (Å²) in [5, 5.41) is 5.89. The van der Waals surface area contributed by atoms with Gasteiger partial charge in [-0.3, -0.25) is 14.5 Å². The molecule has 31 heavy (non-hydrogen) atoms. The lowest BCUT2D eigenvalue weighted by molar-refractivity contribution is -0.136. The molecule has 1 aliphatic carbocycles. The molecular formula is C23H32N4O4. The second-order valence-corrected chi connectivity index (χ2v) is 9.11. The van der Waals surface area contributed by atoms with Crippen molar-refractivity contribution in [3.8, 4) is 5.75 Å². The molecule has 0 atom stereocenters. The number of amides is 4. The number of anilines is 1. The number of methoxy groups -OCH3 is 1.